The summed E-state index contributed by atoms with van der Waals surface area (Å²) in [6.07, 6.45) is 1.91. The van der Waals surface area contributed by atoms with Gasteiger partial charge in [-0.1, -0.05) is 12.1 Å². The van der Waals surface area contributed by atoms with Gasteiger partial charge in [-0.25, -0.2) is 13.1 Å². The molecular weight excluding hydrogens is 252 g/mol. The molecule has 0 saturated carbocycles. The Morgan fingerprint density at radius 1 is 1.39 bits per heavy atom. The van der Waals surface area contributed by atoms with Crippen LogP contribution in [0.2, 0.25) is 0 Å². The molecule has 1 fully saturated rings. The first kappa shape index (κ1) is 13.3. The Bertz CT molecular complexity index is 496. The molecule has 1 aromatic carbocycles. The number of hydrogen-bond acceptors (Lipinski definition) is 4. The van der Waals surface area contributed by atoms with E-state index in [0.29, 0.717) is 12.2 Å². The summed E-state index contributed by atoms with van der Waals surface area (Å²) in [5.74, 6) is 0. The second kappa shape index (κ2) is 5.69. The lowest BCUT2D eigenvalue weighted by Gasteiger charge is -2.13. The third-order valence-corrected chi connectivity index (χ3v) is 4.45. The maximum Gasteiger partial charge on any atom is 0.242 e. The van der Waals surface area contributed by atoms with Gasteiger partial charge in [-0.05, 0) is 25.0 Å². The van der Waals surface area contributed by atoms with Crippen LogP contribution < -0.4 is 10.0 Å². The fraction of sp³-hybridized carbons (Fsp3) is 0.500. The largest absolute Gasteiger partial charge is 0.387 e. The third-order valence-electron chi connectivity index (χ3n) is 2.97. The van der Waals surface area contributed by atoms with Crippen LogP contribution in [0.4, 0.5) is 5.69 Å². The molecule has 1 aliphatic heterocycles. The van der Waals surface area contributed by atoms with Crippen LogP contribution in [0.25, 0.3) is 0 Å². The van der Waals surface area contributed by atoms with Gasteiger partial charge < -0.3 is 10.1 Å². The summed E-state index contributed by atoms with van der Waals surface area (Å²) in [4.78, 5) is 0.269. The van der Waals surface area contributed by atoms with Crippen molar-refractivity contribution in [3.05, 3.63) is 24.3 Å². The maximum absolute atomic E-state index is 12.2. The van der Waals surface area contributed by atoms with E-state index in [4.69, 9.17) is 4.74 Å². The summed E-state index contributed by atoms with van der Waals surface area (Å²) < 4.78 is 32.3. The molecule has 1 aromatic rings. The highest BCUT2D eigenvalue weighted by atomic mass is 32.2. The molecule has 6 heteroatoms. The van der Waals surface area contributed by atoms with Crippen molar-refractivity contribution >= 4 is 15.7 Å². The van der Waals surface area contributed by atoms with Crippen LogP contribution in [-0.2, 0) is 14.8 Å². The molecular formula is C12H18N2O3S. The number of anilines is 1. The Hall–Kier alpha value is -1.11. The fourth-order valence-corrected chi connectivity index (χ4v) is 3.27. The van der Waals surface area contributed by atoms with Crippen LogP contribution >= 0.6 is 0 Å². The molecule has 0 spiro atoms. The minimum absolute atomic E-state index is 0.00141. The van der Waals surface area contributed by atoms with Crippen LogP contribution in [-0.4, -0.2) is 34.7 Å². The maximum atomic E-state index is 12.2. The zero-order chi connectivity index (χ0) is 13.0. The summed E-state index contributed by atoms with van der Waals surface area (Å²) >= 11 is 0. The van der Waals surface area contributed by atoms with Gasteiger partial charge in [-0.15, -0.1) is 0 Å². The highest BCUT2D eigenvalue weighted by Crippen LogP contribution is 2.20. The van der Waals surface area contributed by atoms with Crippen molar-refractivity contribution in [2.45, 2.75) is 23.8 Å². The number of benzene rings is 1. The third kappa shape index (κ3) is 3.01. The molecule has 1 saturated heterocycles. The molecule has 2 rings (SSSR count). The molecule has 2 N–H and O–H groups in total. The summed E-state index contributed by atoms with van der Waals surface area (Å²) in [6.45, 7) is 1.06. The molecule has 1 aliphatic rings. The molecule has 1 atom stereocenters. The van der Waals surface area contributed by atoms with E-state index >= 15 is 0 Å². The van der Waals surface area contributed by atoms with E-state index in [1.165, 1.54) is 0 Å². The smallest absolute Gasteiger partial charge is 0.242 e. The summed E-state index contributed by atoms with van der Waals surface area (Å²) in [5.41, 5.74) is 0.595. The lowest BCUT2D eigenvalue weighted by molar-refractivity contribution is 0.114. The van der Waals surface area contributed by atoms with E-state index in [1.54, 1.807) is 31.3 Å². The van der Waals surface area contributed by atoms with Gasteiger partial charge in [0.05, 0.1) is 11.8 Å². The molecule has 0 aromatic heterocycles. The monoisotopic (exact) mass is 270 g/mol. The lowest BCUT2D eigenvalue weighted by atomic mass is 10.2. The molecule has 18 heavy (non-hydrogen) atoms. The average Bonchev–Trinajstić information content (AvgIpc) is 2.89. The molecule has 100 valence electrons. The zero-order valence-corrected chi connectivity index (χ0v) is 11.2. The van der Waals surface area contributed by atoms with Crippen molar-refractivity contribution in [3.63, 3.8) is 0 Å². The first-order valence-electron chi connectivity index (χ1n) is 6.01. The number of rotatable bonds is 5. The van der Waals surface area contributed by atoms with Crippen molar-refractivity contribution in [1.29, 1.82) is 0 Å². The van der Waals surface area contributed by atoms with Crippen LogP contribution in [0.5, 0.6) is 0 Å². The molecule has 0 amide bonds. The van der Waals surface area contributed by atoms with Gasteiger partial charge in [0.2, 0.25) is 10.0 Å². The SMILES string of the molecule is CNc1ccccc1S(=O)(=O)NCC1CCCO1. The predicted octanol–water partition coefficient (Wildman–Crippen LogP) is 1.19. The van der Waals surface area contributed by atoms with E-state index < -0.39 is 10.0 Å². The molecule has 1 heterocycles. The van der Waals surface area contributed by atoms with Gasteiger partial charge in [0, 0.05) is 20.2 Å². The van der Waals surface area contributed by atoms with Crippen LogP contribution in [0, 0.1) is 0 Å². The second-order valence-corrected chi connectivity index (χ2v) is 5.97. The van der Waals surface area contributed by atoms with Crippen molar-refractivity contribution in [2.75, 3.05) is 25.5 Å². The van der Waals surface area contributed by atoms with E-state index in [0.717, 1.165) is 19.4 Å². The summed E-state index contributed by atoms with van der Waals surface area (Å²) in [5, 5.41) is 2.88. The number of para-hydroxylation sites is 1. The van der Waals surface area contributed by atoms with Gasteiger partial charge in [0.1, 0.15) is 4.90 Å². The van der Waals surface area contributed by atoms with Crippen LogP contribution in [0.15, 0.2) is 29.2 Å². The van der Waals surface area contributed by atoms with E-state index in [9.17, 15) is 8.42 Å². The van der Waals surface area contributed by atoms with Gasteiger partial charge in [-0.2, -0.15) is 0 Å². The van der Waals surface area contributed by atoms with Crippen LogP contribution in [0.1, 0.15) is 12.8 Å². The van der Waals surface area contributed by atoms with Crippen LogP contribution in [0.3, 0.4) is 0 Å². The highest BCUT2D eigenvalue weighted by Gasteiger charge is 2.21. The normalized spacial score (nSPS) is 19.9. The first-order valence-corrected chi connectivity index (χ1v) is 7.50. The van der Waals surface area contributed by atoms with E-state index in [1.807, 2.05) is 0 Å². The minimum Gasteiger partial charge on any atom is -0.387 e. The predicted molar refractivity (Wildman–Crippen MR) is 70.2 cm³/mol. The van der Waals surface area contributed by atoms with Crippen molar-refractivity contribution in [2.24, 2.45) is 0 Å². The Labute approximate surface area is 108 Å². The van der Waals surface area contributed by atoms with Crippen molar-refractivity contribution in [3.8, 4) is 0 Å². The molecule has 0 aliphatic carbocycles. The zero-order valence-electron chi connectivity index (χ0n) is 10.3. The molecule has 5 nitrogen and oxygen atoms in total. The van der Waals surface area contributed by atoms with Gasteiger partial charge in [-0.3, -0.25) is 0 Å². The number of hydrogen-bond donors (Lipinski definition) is 2. The Morgan fingerprint density at radius 3 is 2.83 bits per heavy atom. The standard InChI is InChI=1S/C12H18N2O3S/c1-13-11-6-2-3-7-12(11)18(15,16)14-9-10-5-4-8-17-10/h2-3,6-7,10,13-14H,4-5,8-9H2,1H3. The number of ether oxygens (including phenoxy) is 1. The molecule has 0 bridgehead atoms. The topological polar surface area (TPSA) is 67.4 Å². The van der Waals surface area contributed by atoms with Gasteiger partial charge in [0.25, 0.3) is 0 Å². The second-order valence-electron chi connectivity index (χ2n) is 4.23. The minimum atomic E-state index is -3.48. The quantitative estimate of drug-likeness (QED) is 0.843. The Morgan fingerprint density at radius 2 is 2.17 bits per heavy atom. The average molecular weight is 270 g/mol. The van der Waals surface area contributed by atoms with Gasteiger partial charge in [0.15, 0.2) is 0 Å². The molecule has 1 unspecified atom stereocenters. The van der Waals surface area contributed by atoms with E-state index in [-0.39, 0.29) is 11.0 Å². The molecule has 0 radical (unpaired) electrons. The van der Waals surface area contributed by atoms with E-state index in [2.05, 4.69) is 10.0 Å². The summed E-state index contributed by atoms with van der Waals surface area (Å²) in [6, 6.07) is 6.83. The number of nitrogens with one attached hydrogen (secondary N) is 2. The Kier molecular flexibility index (Phi) is 4.21. The summed E-state index contributed by atoms with van der Waals surface area (Å²) in [7, 11) is -1.78. The highest BCUT2D eigenvalue weighted by molar-refractivity contribution is 7.89. The van der Waals surface area contributed by atoms with Crippen molar-refractivity contribution < 1.29 is 13.2 Å². The fourth-order valence-electron chi connectivity index (χ4n) is 1.99. The first-order chi connectivity index (χ1) is 8.63. The lowest BCUT2D eigenvalue weighted by Crippen LogP contribution is -2.32. The Balaban J connectivity index is 2.09. The van der Waals surface area contributed by atoms with Crippen molar-refractivity contribution in [1.82, 2.24) is 4.72 Å². The van der Waals surface area contributed by atoms with Gasteiger partial charge >= 0.3 is 0 Å². The number of sulfonamides is 1.